The van der Waals surface area contributed by atoms with Gasteiger partial charge in [0.2, 0.25) is 0 Å². The molecular weight excluding hydrogens is 554 g/mol. The molecule has 4 aromatic rings. The third kappa shape index (κ3) is 4.94. The molecule has 0 radical (unpaired) electrons. The maximum atomic E-state index is 13.4. The first-order valence-corrected chi connectivity index (χ1v) is 16.9. The van der Waals surface area contributed by atoms with Crippen LogP contribution in [0.25, 0.3) is 32.3 Å². The predicted octanol–water partition coefficient (Wildman–Crippen LogP) is 1.63. The molecule has 0 saturated heterocycles. The largest absolute Gasteiger partial charge is 0.398 e. The van der Waals surface area contributed by atoms with Crippen LogP contribution in [0.15, 0.2) is 51.1 Å². The Morgan fingerprint density at radius 1 is 0.526 bits per heavy atom. The van der Waals surface area contributed by atoms with Crippen molar-refractivity contribution in [1.29, 1.82) is 0 Å². The van der Waals surface area contributed by atoms with Gasteiger partial charge < -0.3 is 21.1 Å². The first-order valence-electron chi connectivity index (χ1n) is 11.9. The SMILES string of the molecule is Nc1cc(S(=O)(=O)CCCO)c2ccc3c(S(=O)(=O)CCCO)cc(S(=O)(=O)CCCO)c4ccc1c2c43. The van der Waals surface area contributed by atoms with E-state index in [-0.39, 0.29) is 86.8 Å². The fraction of sp³-hybridized carbons (Fsp3) is 0.360. The summed E-state index contributed by atoms with van der Waals surface area (Å²) in [5.41, 5.74) is 6.38. The molecule has 206 valence electrons. The molecular formula is C25H29NO9S3. The molecule has 10 nitrogen and oxygen atoms in total. The van der Waals surface area contributed by atoms with E-state index in [2.05, 4.69) is 0 Å². The van der Waals surface area contributed by atoms with E-state index >= 15 is 0 Å². The number of nitrogens with two attached hydrogens (primary N) is 1. The van der Waals surface area contributed by atoms with Crippen molar-refractivity contribution in [1.82, 2.24) is 0 Å². The van der Waals surface area contributed by atoms with Gasteiger partial charge in [0.05, 0.1) is 31.9 Å². The minimum absolute atomic E-state index is 0.00468. The highest BCUT2D eigenvalue weighted by Crippen LogP contribution is 2.44. The number of aliphatic hydroxyl groups is 3. The zero-order chi connectivity index (χ0) is 27.9. The summed E-state index contributed by atoms with van der Waals surface area (Å²) in [4.78, 5) is -0.589. The van der Waals surface area contributed by atoms with Crippen molar-refractivity contribution in [3.8, 4) is 0 Å². The average molecular weight is 584 g/mol. The molecule has 38 heavy (non-hydrogen) atoms. The summed E-state index contributed by atoms with van der Waals surface area (Å²) in [6.45, 7) is -1.08. The number of rotatable bonds is 12. The maximum absolute atomic E-state index is 13.4. The minimum Gasteiger partial charge on any atom is -0.398 e. The molecule has 13 heteroatoms. The van der Waals surface area contributed by atoms with Crippen LogP contribution in [0.2, 0.25) is 0 Å². The van der Waals surface area contributed by atoms with Gasteiger partial charge in [0.15, 0.2) is 29.5 Å². The number of benzene rings is 4. The topological polar surface area (TPSA) is 189 Å². The summed E-state index contributed by atoms with van der Waals surface area (Å²) in [6.07, 6.45) is -0.112. The van der Waals surface area contributed by atoms with Crippen molar-refractivity contribution >= 4 is 67.5 Å². The summed E-state index contributed by atoms with van der Waals surface area (Å²) in [5.74, 6) is -1.19. The van der Waals surface area contributed by atoms with Crippen LogP contribution in [0, 0.1) is 0 Å². The van der Waals surface area contributed by atoms with Gasteiger partial charge in [-0.2, -0.15) is 0 Å². The molecule has 0 aliphatic carbocycles. The van der Waals surface area contributed by atoms with Gasteiger partial charge in [-0.15, -0.1) is 0 Å². The Hall–Kier alpha value is -2.55. The van der Waals surface area contributed by atoms with Crippen molar-refractivity contribution in [3.63, 3.8) is 0 Å². The highest BCUT2D eigenvalue weighted by Gasteiger charge is 2.29. The monoisotopic (exact) mass is 583 g/mol. The van der Waals surface area contributed by atoms with E-state index in [1.165, 1.54) is 24.3 Å². The molecule has 0 spiro atoms. The van der Waals surface area contributed by atoms with Crippen LogP contribution in [0.4, 0.5) is 5.69 Å². The second kappa shape index (κ2) is 10.5. The van der Waals surface area contributed by atoms with Crippen molar-refractivity contribution in [2.45, 2.75) is 33.9 Å². The number of nitrogen functional groups attached to an aromatic ring is 1. The fourth-order valence-corrected chi connectivity index (χ4v) is 9.47. The lowest BCUT2D eigenvalue weighted by atomic mass is 9.93. The first-order chi connectivity index (χ1) is 17.9. The van der Waals surface area contributed by atoms with Gasteiger partial charge in [0.1, 0.15) is 0 Å². The Morgan fingerprint density at radius 2 is 0.842 bits per heavy atom. The lowest BCUT2D eigenvalue weighted by molar-refractivity contribution is 0.295. The Morgan fingerprint density at radius 3 is 1.21 bits per heavy atom. The molecule has 4 aromatic carbocycles. The first kappa shape index (κ1) is 28.5. The molecule has 0 heterocycles. The van der Waals surface area contributed by atoms with Crippen LogP contribution < -0.4 is 5.73 Å². The van der Waals surface area contributed by atoms with E-state index < -0.39 is 41.0 Å². The van der Waals surface area contributed by atoms with E-state index in [0.717, 1.165) is 6.07 Å². The zero-order valence-corrected chi connectivity index (χ0v) is 22.9. The number of hydrogen-bond acceptors (Lipinski definition) is 10. The lowest BCUT2D eigenvalue weighted by Gasteiger charge is -2.20. The van der Waals surface area contributed by atoms with Gasteiger partial charge in [-0.05, 0) is 31.4 Å². The summed E-state index contributed by atoms with van der Waals surface area (Å²) in [7, 11) is -12.0. The van der Waals surface area contributed by atoms with Crippen LogP contribution in [0.3, 0.4) is 0 Å². The lowest BCUT2D eigenvalue weighted by Crippen LogP contribution is -2.14. The fourth-order valence-electron chi connectivity index (χ4n) is 4.79. The van der Waals surface area contributed by atoms with Gasteiger partial charge in [0.25, 0.3) is 0 Å². The quantitative estimate of drug-likeness (QED) is 0.141. The molecule has 0 aromatic heterocycles. The highest BCUT2D eigenvalue weighted by molar-refractivity contribution is 7.92. The Labute approximate surface area is 220 Å². The molecule has 5 N–H and O–H groups in total. The number of aliphatic hydroxyl groups excluding tert-OH is 3. The smallest absolute Gasteiger partial charge is 0.179 e. The van der Waals surface area contributed by atoms with E-state index in [0.29, 0.717) is 10.8 Å². The molecule has 0 fully saturated rings. The van der Waals surface area contributed by atoms with Crippen molar-refractivity contribution in [3.05, 3.63) is 36.4 Å². The minimum atomic E-state index is -4.06. The average Bonchev–Trinajstić information content (AvgIpc) is 2.88. The van der Waals surface area contributed by atoms with Crippen LogP contribution in [-0.2, 0) is 29.5 Å². The molecule has 0 amide bonds. The zero-order valence-electron chi connectivity index (χ0n) is 20.4. The molecule has 0 bridgehead atoms. The summed E-state index contributed by atoms with van der Waals surface area (Å²) >= 11 is 0. The summed E-state index contributed by atoms with van der Waals surface area (Å²) in [5, 5.41) is 29.3. The standard InChI is InChI=1S/C25H29NO9S3/c26-20-14-21(36(30,31)11-1-8-27)17-6-7-19-23(38(34,35)13-3-10-29)15-22(37(32,33)12-2-9-28)18-5-4-16(20)24(17)25(18)19/h4-7,14-15,27-29H,1-3,8-13,26H2. The predicted molar refractivity (Wildman–Crippen MR) is 146 cm³/mol. The highest BCUT2D eigenvalue weighted by atomic mass is 32.2. The third-order valence-electron chi connectivity index (χ3n) is 6.54. The number of anilines is 1. The van der Waals surface area contributed by atoms with Gasteiger partial charge in [0, 0.05) is 57.8 Å². The third-order valence-corrected chi connectivity index (χ3v) is 12.0. The maximum Gasteiger partial charge on any atom is 0.179 e. The van der Waals surface area contributed by atoms with Crippen LogP contribution in [-0.4, -0.2) is 77.7 Å². The molecule has 0 aliphatic heterocycles. The second-order valence-corrected chi connectivity index (χ2v) is 15.3. The molecule has 4 rings (SSSR count). The van der Waals surface area contributed by atoms with Crippen LogP contribution in [0.5, 0.6) is 0 Å². The van der Waals surface area contributed by atoms with Crippen LogP contribution in [0.1, 0.15) is 19.3 Å². The summed E-state index contributed by atoms with van der Waals surface area (Å²) in [6, 6.07) is 8.49. The molecule has 0 unspecified atom stereocenters. The Kier molecular flexibility index (Phi) is 7.90. The van der Waals surface area contributed by atoms with Gasteiger partial charge >= 0.3 is 0 Å². The van der Waals surface area contributed by atoms with E-state index in [1.807, 2.05) is 0 Å². The van der Waals surface area contributed by atoms with Crippen LogP contribution >= 0.6 is 0 Å². The number of hydrogen-bond donors (Lipinski definition) is 4. The van der Waals surface area contributed by atoms with Gasteiger partial charge in [-0.25, -0.2) is 25.3 Å². The van der Waals surface area contributed by atoms with E-state index in [4.69, 9.17) is 10.8 Å². The van der Waals surface area contributed by atoms with Gasteiger partial charge in [-0.3, -0.25) is 0 Å². The molecule has 0 atom stereocenters. The normalized spacial score (nSPS) is 13.2. The molecule has 0 saturated carbocycles. The van der Waals surface area contributed by atoms with Crippen molar-refractivity contribution in [2.75, 3.05) is 42.8 Å². The van der Waals surface area contributed by atoms with Crippen molar-refractivity contribution in [2.24, 2.45) is 0 Å². The summed E-state index contributed by atoms with van der Waals surface area (Å²) < 4.78 is 79.8. The van der Waals surface area contributed by atoms with E-state index in [1.54, 1.807) is 6.07 Å². The van der Waals surface area contributed by atoms with Crippen molar-refractivity contribution < 1.29 is 40.6 Å². The van der Waals surface area contributed by atoms with E-state index in [9.17, 15) is 35.5 Å². The second-order valence-electron chi connectivity index (χ2n) is 9.10. The Bertz CT molecular complexity index is 1770. The number of sulfone groups is 3. The Balaban J connectivity index is 2.21. The molecule has 0 aliphatic rings. The van der Waals surface area contributed by atoms with Gasteiger partial charge in [-0.1, -0.05) is 24.3 Å².